The fraction of sp³-hybridized carbons (Fsp3) is 0.833. The van der Waals surface area contributed by atoms with E-state index in [9.17, 15) is 18.0 Å². The predicted octanol–water partition coefficient (Wildman–Crippen LogP) is 1.54. The second kappa shape index (κ2) is 4.20. The highest BCUT2D eigenvalue weighted by Gasteiger charge is 2.28. The Morgan fingerprint density at radius 2 is 2.09 bits per heavy atom. The Bertz CT molecular complexity index is 136. The molecule has 0 saturated heterocycles. The lowest BCUT2D eigenvalue weighted by Gasteiger charge is -2.10. The summed E-state index contributed by atoms with van der Waals surface area (Å²) in [4.78, 5) is 10.1. The Labute approximate surface area is 62.3 Å². The normalized spacial score (nSPS) is 11.3. The minimum absolute atomic E-state index is 0.438. The molecule has 0 aliphatic heterocycles. The second-order valence-electron chi connectivity index (χ2n) is 2.08. The number of carbonyl (C=O) groups excluding carboxylic acids is 1. The van der Waals surface area contributed by atoms with Crippen LogP contribution in [0.5, 0.6) is 0 Å². The molecule has 2 nitrogen and oxygen atoms in total. The van der Waals surface area contributed by atoms with E-state index in [4.69, 9.17) is 0 Å². The van der Waals surface area contributed by atoms with E-state index >= 15 is 0 Å². The first-order chi connectivity index (χ1) is 4.98. The molecule has 66 valence electrons. The molecule has 11 heavy (non-hydrogen) atoms. The molecule has 0 spiro atoms. The minimum atomic E-state index is -3.37. The number of carbonyl (C=O) groups is 1. The highest BCUT2D eigenvalue weighted by atomic mass is 19.3. The average molecular weight is 170 g/mol. The van der Waals surface area contributed by atoms with Gasteiger partial charge in [0, 0.05) is 13.3 Å². The number of halogens is 3. The van der Waals surface area contributed by atoms with Gasteiger partial charge in [0.1, 0.15) is 0 Å². The van der Waals surface area contributed by atoms with Gasteiger partial charge in [-0.1, -0.05) is 0 Å². The lowest BCUT2D eigenvalue weighted by Crippen LogP contribution is -2.21. The first-order valence-corrected chi connectivity index (χ1v) is 3.05. The third-order valence-electron chi connectivity index (χ3n) is 0.969. The monoisotopic (exact) mass is 170 g/mol. The van der Waals surface area contributed by atoms with Crippen molar-refractivity contribution in [3.63, 3.8) is 0 Å². The van der Waals surface area contributed by atoms with Gasteiger partial charge in [-0.05, 0) is 0 Å². The zero-order valence-electron chi connectivity index (χ0n) is 6.07. The van der Waals surface area contributed by atoms with E-state index in [0.717, 1.165) is 6.92 Å². The van der Waals surface area contributed by atoms with Crippen LogP contribution in [0, 0.1) is 0 Å². The molecule has 0 bridgehead atoms. The van der Waals surface area contributed by atoms with E-state index in [-0.39, 0.29) is 0 Å². The molecule has 0 aliphatic carbocycles. The van der Waals surface area contributed by atoms with Gasteiger partial charge in [-0.15, -0.1) is 0 Å². The molecule has 0 saturated carbocycles. The SMILES string of the molecule is CC(=O)OCCC(F)(F)CF. The highest BCUT2D eigenvalue weighted by Crippen LogP contribution is 2.18. The van der Waals surface area contributed by atoms with E-state index < -0.39 is 31.6 Å². The summed E-state index contributed by atoms with van der Waals surface area (Å²) in [5.41, 5.74) is 0. The van der Waals surface area contributed by atoms with Gasteiger partial charge in [0.05, 0.1) is 6.61 Å². The van der Waals surface area contributed by atoms with Crippen LogP contribution >= 0.6 is 0 Å². The van der Waals surface area contributed by atoms with E-state index in [1.54, 1.807) is 0 Å². The predicted molar refractivity (Wildman–Crippen MR) is 32.2 cm³/mol. The van der Waals surface area contributed by atoms with Crippen LogP contribution in [0.1, 0.15) is 13.3 Å². The van der Waals surface area contributed by atoms with Gasteiger partial charge in [-0.3, -0.25) is 4.79 Å². The van der Waals surface area contributed by atoms with Crippen LogP contribution < -0.4 is 0 Å². The molecule has 5 heteroatoms. The lowest BCUT2D eigenvalue weighted by molar-refractivity contribution is -0.143. The molecule has 0 aromatic heterocycles. The molecule has 0 unspecified atom stereocenters. The summed E-state index contributed by atoms with van der Waals surface area (Å²) in [7, 11) is 0. The quantitative estimate of drug-likeness (QED) is 0.598. The Balaban J connectivity index is 3.45. The molecule has 0 amide bonds. The number of esters is 1. The fourth-order valence-electron chi connectivity index (χ4n) is 0.411. The van der Waals surface area contributed by atoms with Crippen molar-refractivity contribution in [1.29, 1.82) is 0 Å². The molecule has 0 atom stereocenters. The summed E-state index contributed by atoms with van der Waals surface area (Å²) in [6.45, 7) is -1.05. The molecular weight excluding hydrogens is 161 g/mol. The van der Waals surface area contributed by atoms with Gasteiger partial charge in [-0.25, -0.2) is 13.2 Å². The molecule has 0 aliphatic rings. The third kappa shape index (κ3) is 5.69. The second-order valence-corrected chi connectivity index (χ2v) is 2.08. The van der Waals surface area contributed by atoms with Crippen LogP contribution in [0.25, 0.3) is 0 Å². The summed E-state index contributed by atoms with van der Waals surface area (Å²) in [6, 6.07) is 0. The number of alkyl halides is 3. The lowest BCUT2D eigenvalue weighted by atomic mass is 10.3. The van der Waals surface area contributed by atoms with Gasteiger partial charge in [-0.2, -0.15) is 0 Å². The van der Waals surface area contributed by atoms with Gasteiger partial charge in [0.2, 0.25) is 0 Å². The summed E-state index contributed by atoms with van der Waals surface area (Å²) in [6.07, 6.45) is -0.761. The maximum absolute atomic E-state index is 12.0. The molecule has 0 heterocycles. The van der Waals surface area contributed by atoms with Crippen LogP contribution in [-0.2, 0) is 9.53 Å². The van der Waals surface area contributed by atoms with Crippen molar-refractivity contribution in [2.45, 2.75) is 19.3 Å². The van der Waals surface area contributed by atoms with Gasteiger partial charge >= 0.3 is 5.97 Å². The smallest absolute Gasteiger partial charge is 0.302 e. The highest BCUT2D eigenvalue weighted by molar-refractivity contribution is 5.65. The number of hydrogen-bond acceptors (Lipinski definition) is 2. The topological polar surface area (TPSA) is 26.3 Å². The van der Waals surface area contributed by atoms with E-state index in [1.807, 2.05) is 0 Å². The van der Waals surface area contributed by atoms with Crippen molar-refractivity contribution in [2.24, 2.45) is 0 Å². The average Bonchev–Trinajstić information content (AvgIpc) is 1.87. The molecule has 0 radical (unpaired) electrons. The van der Waals surface area contributed by atoms with Crippen LogP contribution in [-0.4, -0.2) is 25.2 Å². The number of ether oxygens (including phenoxy) is 1. The van der Waals surface area contributed by atoms with Crippen LogP contribution in [0.4, 0.5) is 13.2 Å². The molecule has 0 fully saturated rings. The zero-order chi connectivity index (χ0) is 8.91. The molecule has 0 rings (SSSR count). The Kier molecular flexibility index (Phi) is 3.92. The molecule has 0 aromatic rings. The number of rotatable bonds is 4. The van der Waals surface area contributed by atoms with Crippen molar-refractivity contribution in [3.05, 3.63) is 0 Å². The maximum atomic E-state index is 12.0. The number of hydrogen-bond donors (Lipinski definition) is 0. The van der Waals surface area contributed by atoms with E-state index in [1.165, 1.54) is 0 Å². The van der Waals surface area contributed by atoms with Gasteiger partial charge < -0.3 is 4.74 Å². The molecule has 0 aromatic carbocycles. The van der Waals surface area contributed by atoms with Crippen molar-refractivity contribution in [3.8, 4) is 0 Å². The summed E-state index contributed by atoms with van der Waals surface area (Å²) in [5, 5.41) is 0. The molecular formula is C6H9F3O2. The fourth-order valence-corrected chi connectivity index (χ4v) is 0.411. The first kappa shape index (κ1) is 10.3. The van der Waals surface area contributed by atoms with E-state index in [0.29, 0.717) is 0 Å². The molecule has 0 N–H and O–H groups in total. The Morgan fingerprint density at radius 1 is 1.55 bits per heavy atom. The summed E-state index contributed by atoms with van der Waals surface area (Å²) < 4.78 is 39.7. The first-order valence-electron chi connectivity index (χ1n) is 3.05. The Hall–Kier alpha value is -0.740. The zero-order valence-corrected chi connectivity index (χ0v) is 6.07. The van der Waals surface area contributed by atoms with Crippen molar-refractivity contribution in [1.82, 2.24) is 0 Å². The standard InChI is InChI=1S/C6H9F3O2/c1-5(10)11-3-2-6(8,9)4-7/h2-4H2,1H3. The van der Waals surface area contributed by atoms with E-state index in [2.05, 4.69) is 4.74 Å². The maximum Gasteiger partial charge on any atom is 0.302 e. The van der Waals surface area contributed by atoms with Gasteiger partial charge in [0.25, 0.3) is 5.92 Å². The summed E-state index contributed by atoms with van der Waals surface area (Å²) in [5.74, 6) is -4.00. The largest absolute Gasteiger partial charge is 0.466 e. The van der Waals surface area contributed by atoms with Crippen LogP contribution in [0.3, 0.4) is 0 Å². The Morgan fingerprint density at radius 3 is 2.45 bits per heavy atom. The van der Waals surface area contributed by atoms with Crippen molar-refractivity contribution >= 4 is 5.97 Å². The van der Waals surface area contributed by atoms with Crippen LogP contribution in [0.15, 0.2) is 0 Å². The van der Waals surface area contributed by atoms with Gasteiger partial charge in [0.15, 0.2) is 6.67 Å². The van der Waals surface area contributed by atoms with Crippen molar-refractivity contribution < 1.29 is 22.7 Å². The van der Waals surface area contributed by atoms with Crippen LogP contribution in [0.2, 0.25) is 0 Å². The minimum Gasteiger partial charge on any atom is -0.466 e. The van der Waals surface area contributed by atoms with Crippen molar-refractivity contribution in [2.75, 3.05) is 13.3 Å². The third-order valence-corrected chi connectivity index (χ3v) is 0.969. The summed E-state index contributed by atoms with van der Waals surface area (Å²) >= 11 is 0.